The minimum Gasteiger partial charge on any atom is -0.374 e. The van der Waals surface area contributed by atoms with Gasteiger partial charge in [-0.3, -0.25) is 0 Å². The van der Waals surface area contributed by atoms with E-state index in [1.165, 1.54) is 38.9 Å². The van der Waals surface area contributed by atoms with E-state index in [4.69, 9.17) is 11.6 Å². The smallest absolute Gasteiger partial charge is 0.0617 e. The van der Waals surface area contributed by atoms with E-state index in [9.17, 15) is 0 Å². The van der Waals surface area contributed by atoms with E-state index in [0.717, 1.165) is 43.6 Å². The van der Waals surface area contributed by atoms with Crippen molar-refractivity contribution in [1.82, 2.24) is 9.88 Å². The first-order valence-corrected chi connectivity index (χ1v) is 13.4. The van der Waals surface area contributed by atoms with Gasteiger partial charge in [0.15, 0.2) is 0 Å². The van der Waals surface area contributed by atoms with Gasteiger partial charge in [0.2, 0.25) is 0 Å². The third-order valence-corrected chi connectivity index (χ3v) is 7.78. The quantitative estimate of drug-likeness (QED) is 0.281. The van der Waals surface area contributed by atoms with Crippen molar-refractivity contribution in [2.24, 2.45) is 5.92 Å². The molecule has 1 fully saturated rings. The van der Waals surface area contributed by atoms with E-state index in [1.807, 2.05) is 0 Å². The lowest BCUT2D eigenvalue weighted by molar-refractivity contribution is 0.265. The molecule has 1 aromatic heterocycles. The van der Waals surface area contributed by atoms with Crippen molar-refractivity contribution in [2.75, 3.05) is 19.0 Å². The summed E-state index contributed by atoms with van der Waals surface area (Å²) in [6, 6.07) is 7.06. The Labute approximate surface area is 212 Å². The van der Waals surface area contributed by atoms with E-state index < -0.39 is 0 Å². The Hall–Kier alpha value is -2.19. The minimum absolute atomic E-state index is 0.415. The van der Waals surface area contributed by atoms with Crippen molar-refractivity contribution in [3.8, 4) is 0 Å². The molecule has 1 unspecified atom stereocenters. The minimum atomic E-state index is 0.415. The molecule has 0 bridgehead atoms. The van der Waals surface area contributed by atoms with E-state index in [1.54, 1.807) is 0 Å². The Bertz CT molecular complexity index is 1090. The van der Waals surface area contributed by atoms with Gasteiger partial charge in [-0.1, -0.05) is 70.2 Å². The number of H-pyrrole nitrogens is 1. The second-order valence-corrected chi connectivity index (χ2v) is 10.7. The van der Waals surface area contributed by atoms with Gasteiger partial charge >= 0.3 is 0 Å². The van der Waals surface area contributed by atoms with Crippen LogP contribution >= 0.6 is 11.6 Å². The average Bonchev–Trinajstić information content (AvgIpc) is 3.21. The molecule has 2 aromatic rings. The second kappa shape index (κ2) is 11.5. The van der Waals surface area contributed by atoms with Crippen molar-refractivity contribution in [3.63, 3.8) is 0 Å². The number of likely N-dealkylation sites (tertiary alicyclic amines) is 1. The largest absolute Gasteiger partial charge is 0.374 e. The lowest BCUT2D eigenvalue weighted by Crippen LogP contribution is -2.32. The Morgan fingerprint density at radius 1 is 1.15 bits per heavy atom. The number of nitrogens with one attached hydrogen (secondary N) is 1. The zero-order valence-corrected chi connectivity index (χ0v) is 22.9. The zero-order chi connectivity index (χ0) is 25.0. The van der Waals surface area contributed by atoms with E-state index in [2.05, 4.69) is 94.9 Å². The molecule has 1 aromatic carbocycles. The second-order valence-electron chi connectivity index (χ2n) is 10.5. The lowest BCUT2D eigenvalue weighted by Gasteiger charge is -2.34. The first-order valence-electron chi connectivity index (χ1n) is 12.9. The molecule has 0 spiro atoms. The molecular formula is C31H43ClN2. The van der Waals surface area contributed by atoms with Crippen LogP contribution in [-0.4, -0.2) is 28.9 Å². The predicted octanol–water partition coefficient (Wildman–Crippen LogP) is 9.18. The maximum Gasteiger partial charge on any atom is 0.0617 e. The third kappa shape index (κ3) is 5.89. The number of fused-ring (bicyclic) bond motifs is 1. The molecule has 3 heteroatoms. The summed E-state index contributed by atoms with van der Waals surface area (Å²) in [5.41, 5.74) is 10.1. The van der Waals surface area contributed by atoms with Crippen LogP contribution in [0.2, 0.25) is 0 Å². The number of rotatable bonds is 9. The molecule has 1 saturated heterocycles. The van der Waals surface area contributed by atoms with Crippen LogP contribution in [0.1, 0.15) is 89.5 Å². The molecule has 1 atom stereocenters. The number of hydrogen-bond acceptors (Lipinski definition) is 1. The molecule has 34 heavy (non-hydrogen) atoms. The maximum absolute atomic E-state index is 6.01. The van der Waals surface area contributed by atoms with Crippen LogP contribution in [0.25, 0.3) is 16.5 Å². The molecular weight excluding hydrogens is 436 g/mol. The number of alkyl halides is 1. The van der Waals surface area contributed by atoms with Gasteiger partial charge in [0.05, 0.1) is 5.88 Å². The van der Waals surface area contributed by atoms with Gasteiger partial charge in [0.1, 0.15) is 0 Å². The molecule has 1 N–H and O–H groups in total. The van der Waals surface area contributed by atoms with E-state index >= 15 is 0 Å². The van der Waals surface area contributed by atoms with Crippen LogP contribution in [-0.2, 0) is 0 Å². The number of nitrogens with zero attached hydrogens (tertiary/aromatic N) is 1. The highest BCUT2D eigenvalue weighted by molar-refractivity contribution is 6.19. The van der Waals surface area contributed by atoms with Gasteiger partial charge in [-0.2, -0.15) is 0 Å². The van der Waals surface area contributed by atoms with Crippen LogP contribution in [0.5, 0.6) is 0 Å². The summed E-state index contributed by atoms with van der Waals surface area (Å²) < 4.78 is 0. The number of benzene rings is 1. The predicted molar refractivity (Wildman–Crippen MR) is 152 cm³/mol. The highest BCUT2D eigenvalue weighted by Gasteiger charge is 2.23. The van der Waals surface area contributed by atoms with Crippen molar-refractivity contribution >= 4 is 28.1 Å². The van der Waals surface area contributed by atoms with E-state index in [0.29, 0.717) is 23.6 Å². The Balaban J connectivity index is 2.03. The molecule has 0 aliphatic carbocycles. The van der Waals surface area contributed by atoms with Gasteiger partial charge in [0.25, 0.3) is 0 Å². The molecule has 184 valence electrons. The number of aromatic nitrogens is 1. The maximum atomic E-state index is 6.01. The monoisotopic (exact) mass is 478 g/mol. The highest BCUT2D eigenvalue weighted by Crippen LogP contribution is 2.38. The summed E-state index contributed by atoms with van der Waals surface area (Å²) in [6.45, 7) is 23.9. The Morgan fingerprint density at radius 3 is 2.38 bits per heavy atom. The standard InChI is InChI=1S/C31H43ClN2/c1-9-22(6)23(7)17-27(16-20(2)3)31-30(21(4)5)28-18-26(10-11-29(28)33-31)25-12-14-34(15-13-25)24(8)19-32/h10-11,16-18,21-22,25,33H,2,8-9,12-15,19H2,1,3-7H3/b23-17-,27-16+. The normalized spacial score (nSPS) is 17.0. The summed E-state index contributed by atoms with van der Waals surface area (Å²) in [6.07, 6.45) is 8.02. The number of allylic oxidation sites excluding steroid dienone is 6. The van der Waals surface area contributed by atoms with Gasteiger partial charge in [-0.05, 0) is 79.7 Å². The van der Waals surface area contributed by atoms with Gasteiger partial charge in [-0.15, -0.1) is 11.6 Å². The molecule has 0 amide bonds. The van der Waals surface area contributed by atoms with Crippen LogP contribution in [0.15, 0.2) is 60.4 Å². The van der Waals surface area contributed by atoms with Gasteiger partial charge in [0, 0.05) is 35.4 Å². The Morgan fingerprint density at radius 2 is 1.82 bits per heavy atom. The summed E-state index contributed by atoms with van der Waals surface area (Å²) >= 11 is 6.01. The number of halogens is 1. The summed E-state index contributed by atoms with van der Waals surface area (Å²) in [7, 11) is 0. The van der Waals surface area contributed by atoms with Crippen LogP contribution in [0.3, 0.4) is 0 Å². The van der Waals surface area contributed by atoms with Crippen molar-refractivity contribution in [3.05, 3.63) is 77.2 Å². The third-order valence-electron chi connectivity index (χ3n) is 7.47. The fourth-order valence-corrected chi connectivity index (χ4v) is 5.26. The first-order chi connectivity index (χ1) is 16.2. The van der Waals surface area contributed by atoms with Crippen LogP contribution in [0.4, 0.5) is 0 Å². The molecule has 1 aliphatic heterocycles. The zero-order valence-electron chi connectivity index (χ0n) is 22.1. The number of hydrogen-bond donors (Lipinski definition) is 1. The summed E-state index contributed by atoms with van der Waals surface area (Å²) in [4.78, 5) is 6.13. The SMILES string of the molecule is C=C(C)/C=C(\C=C(\C)C(C)CC)c1[nH]c2ccc(C3CCN(C(=C)CCl)CC3)cc2c1C(C)C. The molecule has 3 rings (SSSR count). The number of piperidine rings is 1. The molecule has 0 saturated carbocycles. The molecule has 2 heterocycles. The van der Waals surface area contributed by atoms with Crippen molar-refractivity contribution in [2.45, 2.75) is 72.6 Å². The fraction of sp³-hybridized carbons (Fsp3) is 0.484. The summed E-state index contributed by atoms with van der Waals surface area (Å²) in [5, 5.41) is 1.36. The highest BCUT2D eigenvalue weighted by atomic mass is 35.5. The lowest BCUT2D eigenvalue weighted by atomic mass is 9.87. The van der Waals surface area contributed by atoms with Gasteiger partial charge < -0.3 is 9.88 Å². The van der Waals surface area contributed by atoms with Crippen LogP contribution in [0, 0.1) is 5.92 Å². The molecule has 1 aliphatic rings. The topological polar surface area (TPSA) is 19.0 Å². The number of aromatic amines is 1. The Kier molecular flexibility index (Phi) is 8.93. The summed E-state index contributed by atoms with van der Waals surface area (Å²) in [5.74, 6) is 2.08. The van der Waals surface area contributed by atoms with Crippen molar-refractivity contribution < 1.29 is 0 Å². The van der Waals surface area contributed by atoms with Gasteiger partial charge in [-0.25, -0.2) is 0 Å². The van der Waals surface area contributed by atoms with E-state index in [-0.39, 0.29) is 0 Å². The molecule has 0 radical (unpaired) electrons. The molecule has 2 nitrogen and oxygen atoms in total. The average molecular weight is 479 g/mol. The first kappa shape index (κ1) is 26.4. The van der Waals surface area contributed by atoms with Crippen LogP contribution < -0.4 is 0 Å². The fourth-order valence-electron chi connectivity index (χ4n) is 5.09. The van der Waals surface area contributed by atoms with Crippen molar-refractivity contribution in [1.29, 1.82) is 0 Å².